The first-order valence-electron chi connectivity index (χ1n) is 14.1. The molecule has 3 rings (SSSR count). The fourth-order valence-corrected chi connectivity index (χ4v) is 3.33. The highest BCUT2D eigenvalue weighted by atomic mass is 16.2. The average Bonchev–Trinajstić information content (AvgIpc) is 3.03. The summed E-state index contributed by atoms with van der Waals surface area (Å²) in [6.07, 6.45) is 13.2. The summed E-state index contributed by atoms with van der Waals surface area (Å²) in [7, 11) is 0. The Morgan fingerprint density at radius 1 is 0.767 bits per heavy atom. The van der Waals surface area contributed by atoms with Crippen molar-refractivity contribution in [2.45, 2.75) is 34.1 Å². The fourth-order valence-electron chi connectivity index (χ4n) is 3.33. The zero-order valence-corrected chi connectivity index (χ0v) is 25.4. The number of anilines is 2. The lowest BCUT2D eigenvalue weighted by Gasteiger charge is -2.08. The maximum absolute atomic E-state index is 12.6. The third-order valence-electron chi connectivity index (χ3n) is 5.28. The topological polar surface area (TPSA) is 99.3 Å². The van der Waals surface area contributed by atoms with E-state index >= 15 is 0 Å². The van der Waals surface area contributed by atoms with E-state index in [1.54, 1.807) is 85.1 Å². The molecule has 0 unspecified atom stereocenters. The smallest absolute Gasteiger partial charge is 0.255 e. The van der Waals surface area contributed by atoms with Crippen LogP contribution in [0.25, 0.3) is 0 Å². The van der Waals surface area contributed by atoms with Gasteiger partial charge in [-0.1, -0.05) is 82.5 Å². The van der Waals surface area contributed by atoms with Gasteiger partial charge in [0.15, 0.2) is 0 Å². The van der Waals surface area contributed by atoms with Gasteiger partial charge in [0.05, 0.1) is 0 Å². The Morgan fingerprint density at radius 3 is 2.02 bits per heavy atom. The molecule has 0 aliphatic carbocycles. The summed E-state index contributed by atoms with van der Waals surface area (Å²) in [6.45, 7) is 15.6. The molecule has 0 spiro atoms. The number of carbonyl (C=O) groups excluding carboxylic acids is 3. The van der Waals surface area contributed by atoms with Crippen LogP contribution in [0.2, 0.25) is 0 Å². The summed E-state index contributed by atoms with van der Waals surface area (Å²) in [5.41, 5.74) is 3.02. The summed E-state index contributed by atoms with van der Waals surface area (Å²) < 4.78 is 0. The molecule has 7 nitrogen and oxygen atoms in total. The largest absolute Gasteiger partial charge is 0.362 e. The van der Waals surface area contributed by atoms with Crippen LogP contribution in [0.5, 0.6) is 0 Å². The van der Waals surface area contributed by atoms with E-state index in [-0.39, 0.29) is 17.7 Å². The van der Waals surface area contributed by atoms with Crippen LogP contribution in [-0.2, 0) is 0 Å². The second-order valence-corrected chi connectivity index (χ2v) is 8.48. The molecule has 7 heteroatoms. The third-order valence-corrected chi connectivity index (χ3v) is 5.28. The second-order valence-electron chi connectivity index (χ2n) is 8.48. The van der Waals surface area contributed by atoms with Crippen molar-refractivity contribution in [1.29, 1.82) is 0 Å². The van der Waals surface area contributed by atoms with Crippen LogP contribution in [0.1, 0.15) is 65.2 Å². The zero-order valence-electron chi connectivity index (χ0n) is 25.4. The minimum Gasteiger partial charge on any atom is -0.362 e. The van der Waals surface area contributed by atoms with Crippen molar-refractivity contribution in [1.82, 2.24) is 10.6 Å². The van der Waals surface area contributed by atoms with Gasteiger partial charge in [0.2, 0.25) is 0 Å². The van der Waals surface area contributed by atoms with Crippen LogP contribution in [0.15, 0.2) is 140 Å². The molecule has 4 N–H and O–H groups in total. The number of allylic oxidation sites excluding steroid dienone is 5. The van der Waals surface area contributed by atoms with Crippen molar-refractivity contribution in [3.05, 3.63) is 157 Å². The first-order valence-corrected chi connectivity index (χ1v) is 14.1. The number of amides is 3. The Balaban J connectivity index is 0.00000120. The SMILES string of the molecule is C/C=C\CC.C=CNc1cccc(NC(=O)c2cccc(C(=O)N/C=C/C=C\C(=C)NC(=O)c3ccccc3)c2)c1.CC. The third kappa shape index (κ3) is 14.2. The van der Waals surface area contributed by atoms with E-state index in [2.05, 4.69) is 53.5 Å². The number of rotatable bonds is 11. The highest BCUT2D eigenvalue weighted by Crippen LogP contribution is 2.16. The van der Waals surface area contributed by atoms with Gasteiger partial charge in [-0.05, 0) is 80.2 Å². The summed E-state index contributed by atoms with van der Waals surface area (Å²) in [4.78, 5) is 37.2. The number of hydrogen-bond donors (Lipinski definition) is 4. The molecule has 0 bridgehead atoms. The average molecular weight is 579 g/mol. The van der Waals surface area contributed by atoms with Crippen molar-refractivity contribution in [2.24, 2.45) is 0 Å². The number of carbonyl (C=O) groups is 3. The normalized spacial score (nSPS) is 10.1. The summed E-state index contributed by atoms with van der Waals surface area (Å²) in [5, 5.41) is 11.1. The number of nitrogens with one attached hydrogen (secondary N) is 4. The van der Waals surface area contributed by atoms with E-state index in [4.69, 9.17) is 0 Å². The van der Waals surface area contributed by atoms with Crippen LogP contribution in [0, 0.1) is 0 Å². The Labute approximate surface area is 255 Å². The van der Waals surface area contributed by atoms with Gasteiger partial charge in [-0.25, -0.2) is 0 Å². The maximum atomic E-state index is 12.6. The summed E-state index contributed by atoms with van der Waals surface area (Å²) >= 11 is 0. The Morgan fingerprint density at radius 2 is 1.40 bits per heavy atom. The molecule has 0 aliphatic heterocycles. The predicted octanol–water partition coefficient (Wildman–Crippen LogP) is 8.24. The Bertz CT molecular complexity index is 1420. The molecule has 3 aromatic rings. The van der Waals surface area contributed by atoms with Crippen molar-refractivity contribution in [3.8, 4) is 0 Å². The van der Waals surface area contributed by atoms with E-state index in [9.17, 15) is 14.4 Å². The lowest BCUT2D eigenvalue weighted by atomic mass is 10.1. The molecule has 0 aromatic heterocycles. The molecule has 0 atom stereocenters. The number of benzene rings is 3. The molecule has 0 fully saturated rings. The van der Waals surface area contributed by atoms with Crippen LogP contribution in [0.4, 0.5) is 11.4 Å². The Hall–Kier alpha value is -5.43. The lowest BCUT2D eigenvalue weighted by Crippen LogP contribution is -2.21. The van der Waals surface area contributed by atoms with E-state index in [0.29, 0.717) is 28.1 Å². The zero-order chi connectivity index (χ0) is 31.9. The molecule has 0 aliphatic rings. The number of hydrogen-bond acceptors (Lipinski definition) is 4. The lowest BCUT2D eigenvalue weighted by molar-refractivity contribution is 0.0960. The molecule has 43 heavy (non-hydrogen) atoms. The molecular formula is C36H42N4O3. The van der Waals surface area contributed by atoms with Crippen LogP contribution < -0.4 is 21.3 Å². The van der Waals surface area contributed by atoms with Gasteiger partial charge in [-0.15, -0.1) is 0 Å². The molecule has 3 aromatic carbocycles. The minimum absolute atomic E-state index is 0.257. The van der Waals surface area contributed by atoms with Gasteiger partial charge in [0.25, 0.3) is 17.7 Å². The first kappa shape index (κ1) is 35.6. The van der Waals surface area contributed by atoms with Gasteiger partial charge in [-0.2, -0.15) is 0 Å². The predicted molar refractivity (Wildman–Crippen MR) is 180 cm³/mol. The molecule has 224 valence electrons. The molecule has 0 heterocycles. The second kappa shape index (κ2) is 21.3. The van der Waals surface area contributed by atoms with Crippen molar-refractivity contribution in [2.75, 3.05) is 10.6 Å². The molecule has 0 saturated heterocycles. The van der Waals surface area contributed by atoms with Gasteiger partial charge in [0.1, 0.15) is 0 Å². The van der Waals surface area contributed by atoms with Crippen LogP contribution >= 0.6 is 0 Å². The van der Waals surface area contributed by atoms with Crippen LogP contribution in [0.3, 0.4) is 0 Å². The highest BCUT2D eigenvalue weighted by molar-refractivity contribution is 6.06. The van der Waals surface area contributed by atoms with E-state index in [1.165, 1.54) is 12.3 Å². The van der Waals surface area contributed by atoms with Crippen molar-refractivity contribution < 1.29 is 14.4 Å². The summed E-state index contributed by atoms with van der Waals surface area (Å²) in [6, 6.07) is 22.4. The van der Waals surface area contributed by atoms with Crippen LogP contribution in [-0.4, -0.2) is 17.7 Å². The van der Waals surface area contributed by atoms with Gasteiger partial charge < -0.3 is 21.3 Å². The Kier molecular flexibility index (Phi) is 17.7. The van der Waals surface area contributed by atoms with Gasteiger partial charge >= 0.3 is 0 Å². The minimum atomic E-state index is -0.373. The van der Waals surface area contributed by atoms with Crippen molar-refractivity contribution in [3.63, 3.8) is 0 Å². The summed E-state index contributed by atoms with van der Waals surface area (Å²) in [5.74, 6) is -0.967. The van der Waals surface area contributed by atoms with E-state index < -0.39 is 0 Å². The monoisotopic (exact) mass is 578 g/mol. The standard InChI is InChI=1S/C29H26N4O3.C5H10.C2H6/c1-3-30-25-16-10-17-26(20-25)33-29(36)24-15-9-14-23(19-24)27(34)31-18-8-7-11-21(2)32-28(35)22-12-5-4-6-13-22;1-3-5-4-2;1-2/h3-20,30H,1-2H2,(H,31,34)(H,32,35)(H,33,36);3,5H,4H2,1-2H3;1-2H3/b11-7-,18-8+;5-3-;. The highest BCUT2D eigenvalue weighted by Gasteiger charge is 2.10. The van der Waals surface area contributed by atoms with Crippen molar-refractivity contribution >= 4 is 29.1 Å². The van der Waals surface area contributed by atoms with Gasteiger partial charge in [-0.3, -0.25) is 14.4 Å². The van der Waals surface area contributed by atoms with E-state index in [0.717, 1.165) is 12.1 Å². The molecule has 0 saturated carbocycles. The quantitative estimate of drug-likeness (QED) is 0.136. The molecule has 3 amide bonds. The molecule has 0 radical (unpaired) electrons. The van der Waals surface area contributed by atoms with Gasteiger partial charge in [0, 0.05) is 40.0 Å². The fraction of sp³-hybridized carbons (Fsp3) is 0.139. The van der Waals surface area contributed by atoms with E-state index in [1.807, 2.05) is 32.9 Å². The molecular weight excluding hydrogens is 536 g/mol. The first-order chi connectivity index (χ1) is 20.9. The maximum Gasteiger partial charge on any atom is 0.255 e.